The van der Waals surface area contributed by atoms with Crippen LogP contribution >= 0.6 is 23.5 Å². The van der Waals surface area contributed by atoms with Gasteiger partial charge >= 0.3 is 0 Å². The highest BCUT2D eigenvalue weighted by Crippen LogP contribution is 2.25. The molecule has 2 heterocycles. The molecule has 144 valence electrons. The lowest BCUT2D eigenvalue weighted by molar-refractivity contribution is -0.125. The van der Waals surface area contributed by atoms with Crippen LogP contribution in [0.15, 0.2) is 35.7 Å². The van der Waals surface area contributed by atoms with Crippen molar-refractivity contribution in [2.24, 2.45) is 0 Å². The molecule has 0 aliphatic carbocycles. The van der Waals surface area contributed by atoms with E-state index in [1.165, 1.54) is 6.33 Å². The molecular formula is C18H23N5O2S2. The number of thioether (sulfide) groups is 2. The molecule has 1 unspecified atom stereocenters. The first kappa shape index (κ1) is 19.8. The van der Waals surface area contributed by atoms with Gasteiger partial charge in [-0.25, -0.2) is 4.98 Å². The van der Waals surface area contributed by atoms with Gasteiger partial charge in [0.25, 0.3) is 5.91 Å². The third-order valence-corrected chi connectivity index (χ3v) is 5.87. The average molecular weight is 406 g/mol. The van der Waals surface area contributed by atoms with Gasteiger partial charge in [0, 0.05) is 22.6 Å². The molecule has 2 N–H and O–H groups in total. The number of hydrogen-bond acceptors (Lipinski definition) is 6. The summed E-state index contributed by atoms with van der Waals surface area (Å²) in [5, 5.41) is 10.4. The Morgan fingerprint density at radius 3 is 2.70 bits per heavy atom. The van der Waals surface area contributed by atoms with E-state index in [1.54, 1.807) is 28.4 Å². The normalized spacial score (nSPS) is 17.1. The van der Waals surface area contributed by atoms with E-state index in [0.717, 1.165) is 16.5 Å². The van der Waals surface area contributed by atoms with Crippen LogP contribution < -0.4 is 5.32 Å². The number of benzene rings is 1. The van der Waals surface area contributed by atoms with Gasteiger partial charge in [-0.15, -0.1) is 11.8 Å². The number of nitrogens with zero attached hydrogens (tertiary/aromatic N) is 3. The maximum absolute atomic E-state index is 12.9. The van der Waals surface area contributed by atoms with E-state index in [0.29, 0.717) is 17.2 Å². The number of nitrogens with one attached hydrogen (secondary N) is 2. The maximum Gasteiger partial charge on any atom is 0.255 e. The predicted octanol–water partition coefficient (Wildman–Crippen LogP) is 2.53. The monoisotopic (exact) mass is 405 g/mol. The lowest BCUT2D eigenvalue weighted by Crippen LogP contribution is -2.52. The maximum atomic E-state index is 12.9. The largest absolute Gasteiger partial charge is 0.350 e. The molecule has 27 heavy (non-hydrogen) atoms. The standard InChI is InChI=1S/C18H23N5O2S2/c1-18(2,3)21-15(24)14-9-26-11-23(14)16(25)13-6-4-12(5-7-13)8-27-17-19-10-20-22-17/h4-7,10,14H,8-9,11H2,1-3H3,(H,21,24)(H,19,20,22). The highest BCUT2D eigenvalue weighted by atomic mass is 32.2. The van der Waals surface area contributed by atoms with Crippen LogP contribution in [0, 0.1) is 0 Å². The Balaban J connectivity index is 1.63. The number of aromatic nitrogens is 3. The molecule has 0 bridgehead atoms. The average Bonchev–Trinajstić information content (AvgIpc) is 3.30. The van der Waals surface area contributed by atoms with E-state index in [1.807, 2.05) is 45.0 Å². The van der Waals surface area contributed by atoms with Gasteiger partial charge in [-0.1, -0.05) is 23.9 Å². The highest BCUT2D eigenvalue weighted by molar-refractivity contribution is 7.99. The van der Waals surface area contributed by atoms with Gasteiger partial charge < -0.3 is 10.2 Å². The minimum Gasteiger partial charge on any atom is -0.350 e. The number of carbonyl (C=O) groups is 2. The van der Waals surface area contributed by atoms with Crippen molar-refractivity contribution in [3.8, 4) is 0 Å². The molecule has 2 amide bonds. The lowest BCUT2D eigenvalue weighted by Gasteiger charge is -2.27. The fraction of sp³-hybridized carbons (Fsp3) is 0.444. The molecule has 9 heteroatoms. The van der Waals surface area contributed by atoms with Crippen molar-refractivity contribution in [2.45, 2.75) is 43.3 Å². The molecular weight excluding hydrogens is 382 g/mol. The number of rotatable bonds is 5. The van der Waals surface area contributed by atoms with E-state index in [-0.39, 0.29) is 17.4 Å². The highest BCUT2D eigenvalue weighted by Gasteiger charge is 2.36. The minimum atomic E-state index is -0.427. The van der Waals surface area contributed by atoms with Crippen LogP contribution in [0.1, 0.15) is 36.7 Å². The number of H-pyrrole nitrogens is 1. The van der Waals surface area contributed by atoms with E-state index in [2.05, 4.69) is 20.5 Å². The van der Waals surface area contributed by atoms with E-state index < -0.39 is 6.04 Å². The molecule has 1 atom stereocenters. The molecule has 1 fully saturated rings. The van der Waals surface area contributed by atoms with Crippen molar-refractivity contribution < 1.29 is 9.59 Å². The fourth-order valence-electron chi connectivity index (χ4n) is 2.64. The molecule has 0 radical (unpaired) electrons. The Hall–Kier alpha value is -2.00. The summed E-state index contributed by atoms with van der Waals surface area (Å²) in [4.78, 5) is 31.1. The van der Waals surface area contributed by atoms with Crippen molar-refractivity contribution >= 4 is 35.3 Å². The Morgan fingerprint density at radius 1 is 1.33 bits per heavy atom. The minimum absolute atomic E-state index is 0.0964. The van der Waals surface area contributed by atoms with E-state index >= 15 is 0 Å². The summed E-state index contributed by atoms with van der Waals surface area (Å²) < 4.78 is 0. The molecule has 1 aliphatic heterocycles. The quantitative estimate of drug-likeness (QED) is 0.743. The van der Waals surface area contributed by atoms with Gasteiger partial charge in [0.15, 0.2) is 5.16 Å². The molecule has 7 nitrogen and oxygen atoms in total. The number of amides is 2. The summed E-state index contributed by atoms with van der Waals surface area (Å²) >= 11 is 3.15. The molecule has 1 aromatic carbocycles. The third kappa shape index (κ3) is 5.26. The number of carbonyl (C=O) groups excluding carboxylic acids is 2. The summed E-state index contributed by atoms with van der Waals surface area (Å²) in [6.45, 7) is 5.82. The van der Waals surface area contributed by atoms with Crippen molar-refractivity contribution in [1.82, 2.24) is 25.4 Å². The van der Waals surface area contributed by atoms with Gasteiger partial charge in [-0.05, 0) is 38.5 Å². The van der Waals surface area contributed by atoms with E-state index in [4.69, 9.17) is 0 Å². The van der Waals surface area contributed by atoms with Crippen molar-refractivity contribution in [3.05, 3.63) is 41.7 Å². The summed E-state index contributed by atoms with van der Waals surface area (Å²) in [6.07, 6.45) is 1.48. The Labute approximate surface area is 167 Å². The molecule has 0 saturated carbocycles. The molecule has 3 rings (SSSR count). The second-order valence-corrected chi connectivity index (χ2v) is 9.27. The summed E-state index contributed by atoms with van der Waals surface area (Å²) in [5.41, 5.74) is 1.37. The van der Waals surface area contributed by atoms with Gasteiger partial charge in [0.1, 0.15) is 12.4 Å². The summed E-state index contributed by atoms with van der Waals surface area (Å²) in [6, 6.07) is 7.08. The second-order valence-electron chi connectivity index (χ2n) is 7.31. The van der Waals surface area contributed by atoms with Crippen LogP contribution in [0.5, 0.6) is 0 Å². The topological polar surface area (TPSA) is 91.0 Å². The fourth-order valence-corrected chi connectivity index (χ4v) is 4.53. The summed E-state index contributed by atoms with van der Waals surface area (Å²) in [5.74, 6) is 1.69. The van der Waals surface area contributed by atoms with Gasteiger partial charge in [-0.3, -0.25) is 14.7 Å². The molecule has 0 spiro atoms. The first-order chi connectivity index (χ1) is 12.8. The van der Waals surface area contributed by atoms with Crippen molar-refractivity contribution in [3.63, 3.8) is 0 Å². The molecule has 2 aromatic rings. The van der Waals surface area contributed by atoms with Crippen LogP contribution in [-0.4, -0.2) is 55.1 Å². The van der Waals surface area contributed by atoms with Gasteiger partial charge in [0.2, 0.25) is 5.91 Å². The zero-order valence-corrected chi connectivity index (χ0v) is 17.2. The summed E-state index contributed by atoms with van der Waals surface area (Å²) in [7, 11) is 0. The second kappa shape index (κ2) is 8.35. The molecule has 1 aliphatic rings. The predicted molar refractivity (Wildman–Crippen MR) is 108 cm³/mol. The van der Waals surface area contributed by atoms with Crippen LogP contribution in [0.2, 0.25) is 0 Å². The Morgan fingerprint density at radius 2 is 2.07 bits per heavy atom. The first-order valence-electron chi connectivity index (χ1n) is 8.61. The van der Waals surface area contributed by atoms with Gasteiger partial charge in [0.05, 0.1) is 5.88 Å². The van der Waals surface area contributed by atoms with Crippen LogP contribution in [-0.2, 0) is 10.5 Å². The molecule has 1 saturated heterocycles. The smallest absolute Gasteiger partial charge is 0.255 e. The lowest BCUT2D eigenvalue weighted by atomic mass is 10.1. The third-order valence-electron chi connectivity index (χ3n) is 3.91. The van der Waals surface area contributed by atoms with Crippen molar-refractivity contribution in [2.75, 3.05) is 11.6 Å². The van der Waals surface area contributed by atoms with Crippen LogP contribution in [0.25, 0.3) is 0 Å². The number of aromatic amines is 1. The zero-order chi connectivity index (χ0) is 19.4. The Kier molecular flexibility index (Phi) is 6.11. The van der Waals surface area contributed by atoms with Gasteiger partial charge in [-0.2, -0.15) is 5.10 Å². The van der Waals surface area contributed by atoms with Crippen molar-refractivity contribution in [1.29, 1.82) is 0 Å². The first-order valence-corrected chi connectivity index (χ1v) is 10.8. The van der Waals surface area contributed by atoms with E-state index in [9.17, 15) is 9.59 Å². The molecule has 1 aromatic heterocycles. The zero-order valence-electron chi connectivity index (χ0n) is 15.6. The van der Waals surface area contributed by atoms with Crippen LogP contribution in [0.3, 0.4) is 0 Å². The van der Waals surface area contributed by atoms with Crippen LogP contribution in [0.4, 0.5) is 0 Å². The Bertz CT molecular complexity index is 787. The number of hydrogen-bond donors (Lipinski definition) is 2. The SMILES string of the molecule is CC(C)(C)NC(=O)C1CSCN1C(=O)c1ccc(CSc2ncn[nH]2)cc1.